The molecule has 0 atom stereocenters. The van der Waals surface area contributed by atoms with E-state index in [2.05, 4.69) is 21.4 Å². The van der Waals surface area contributed by atoms with Crippen molar-refractivity contribution in [3.8, 4) is 28.5 Å². The predicted molar refractivity (Wildman–Crippen MR) is 122 cm³/mol. The van der Waals surface area contributed by atoms with Gasteiger partial charge in [-0.1, -0.05) is 49.4 Å². The first-order valence-electron chi connectivity index (χ1n) is 10.2. The summed E-state index contributed by atoms with van der Waals surface area (Å²) in [6.45, 7) is 1.86. The van der Waals surface area contributed by atoms with Crippen molar-refractivity contribution in [1.29, 1.82) is 5.26 Å². The topological polar surface area (TPSA) is 87.4 Å². The minimum Gasteiger partial charge on any atom is -0.267 e. The molecule has 0 fully saturated rings. The number of rotatable bonds is 3. The summed E-state index contributed by atoms with van der Waals surface area (Å²) in [5.41, 5.74) is 2.69. The van der Waals surface area contributed by atoms with Crippen LogP contribution in [0, 0.1) is 17.1 Å². The van der Waals surface area contributed by atoms with Crippen LogP contribution in [0.25, 0.3) is 43.9 Å². The third kappa shape index (κ3) is 2.81. The molecule has 2 aromatic heterocycles. The van der Waals surface area contributed by atoms with Gasteiger partial charge >= 0.3 is 0 Å². The van der Waals surface area contributed by atoms with Gasteiger partial charge in [-0.15, -0.1) is 0 Å². The number of hydrogen-bond donors (Lipinski definition) is 1. The number of hydrogen-bond acceptors (Lipinski definition) is 4. The zero-order chi connectivity index (χ0) is 22.4. The first-order chi connectivity index (χ1) is 15.5. The fourth-order valence-corrected chi connectivity index (χ4v) is 4.29. The summed E-state index contributed by atoms with van der Waals surface area (Å²) in [5.74, 6) is -0.522. The third-order valence-corrected chi connectivity index (χ3v) is 5.83. The molecular weight excluding hydrogens is 405 g/mol. The van der Waals surface area contributed by atoms with E-state index in [0.29, 0.717) is 40.1 Å². The van der Waals surface area contributed by atoms with Gasteiger partial charge in [-0.05, 0) is 17.9 Å². The number of fused-ring (bicyclic) bond motifs is 2. The van der Waals surface area contributed by atoms with E-state index >= 15 is 4.39 Å². The van der Waals surface area contributed by atoms with Crippen LogP contribution >= 0.6 is 0 Å². The number of aromatic amines is 1. The van der Waals surface area contributed by atoms with Crippen LogP contribution in [0.1, 0.15) is 18.2 Å². The molecule has 0 aliphatic carbocycles. The average molecular weight is 423 g/mol. The summed E-state index contributed by atoms with van der Waals surface area (Å²) in [7, 11) is 1.76. The highest BCUT2D eigenvalue weighted by Crippen LogP contribution is 2.38. The number of halogens is 1. The van der Waals surface area contributed by atoms with Crippen molar-refractivity contribution in [2.75, 3.05) is 0 Å². The van der Waals surface area contributed by atoms with Crippen LogP contribution in [0.3, 0.4) is 0 Å². The van der Waals surface area contributed by atoms with E-state index < -0.39 is 11.4 Å². The smallest absolute Gasteiger partial charge is 0.267 e. The molecule has 5 rings (SSSR count). The third-order valence-electron chi connectivity index (χ3n) is 5.83. The Hall–Kier alpha value is -4.31. The van der Waals surface area contributed by atoms with E-state index in [1.807, 2.05) is 43.3 Å². The summed E-state index contributed by atoms with van der Waals surface area (Å²) in [4.78, 5) is 12.2. The monoisotopic (exact) mass is 423 g/mol. The Labute approximate surface area is 182 Å². The van der Waals surface area contributed by atoms with E-state index in [0.717, 1.165) is 10.8 Å². The zero-order valence-electron chi connectivity index (χ0n) is 17.5. The summed E-state index contributed by atoms with van der Waals surface area (Å²) in [6, 6.07) is 17.0. The second kappa shape index (κ2) is 7.43. The lowest BCUT2D eigenvalue weighted by Gasteiger charge is -2.13. The van der Waals surface area contributed by atoms with Crippen LogP contribution < -0.4 is 5.56 Å². The number of nitrogens with zero attached hydrogens (tertiary/aromatic N) is 4. The lowest BCUT2D eigenvalue weighted by Crippen LogP contribution is -2.12. The Balaban J connectivity index is 1.83. The Morgan fingerprint density at radius 3 is 2.62 bits per heavy atom. The molecule has 0 saturated carbocycles. The summed E-state index contributed by atoms with van der Waals surface area (Å²) in [5, 5.41) is 23.0. The Kier molecular flexibility index (Phi) is 4.56. The van der Waals surface area contributed by atoms with Crippen molar-refractivity contribution in [3.05, 3.63) is 82.2 Å². The number of aromatic nitrogens is 4. The highest BCUT2D eigenvalue weighted by molar-refractivity contribution is 5.97. The highest BCUT2D eigenvalue weighted by Gasteiger charge is 2.22. The Morgan fingerprint density at radius 1 is 1.06 bits per heavy atom. The molecule has 5 aromatic rings. The van der Waals surface area contributed by atoms with E-state index in [1.54, 1.807) is 30.1 Å². The predicted octanol–water partition coefficient (Wildman–Crippen LogP) is 4.72. The minimum atomic E-state index is -0.522. The van der Waals surface area contributed by atoms with Gasteiger partial charge in [0.15, 0.2) is 0 Å². The molecule has 0 aliphatic heterocycles. The molecule has 156 valence electrons. The van der Waals surface area contributed by atoms with Crippen LogP contribution in [0.5, 0.6) is 0 Å². The van der Waals surface area contributed by atoms with Crippen molar-refractivity contribution in [2.24, 2.45) is 7.05 Å². The van der Waals surface area contributed by atoms with Crippen LogP contribution in [0.4, 0.5) is 4.39 Å². The molecule has 6 nitrogen and oxygen atoms in total. The average Bonchev–Trinajstić information content (AvgIpc) is 3.19. The lowest BCUT2D eigenvalue weighted by molar-refractivity contribution is 0.640. The number of nitrogens with one attached hydrogen (secondary N) is 1. The quantitative estimate of drug-likeness (QED) is 0.455. The molecule has 0 aliphatic rings. The van der Waals surface area contributed by atoms with Gasteiger partial charge in [-0.3, -0.25) is 9.48 Å². The van der Waals surface area contributed by atoms with Crippen LogP contribution in [-0.2, 0) is 13.5 Å². The molecule has 0 bridgehead atoms. The Morgan fingerprint density at radius 2 is 1.84 bits per heavy atom. The van der Waals surface area contributed by atoms with E-state index in [-0.39, 0.29) is 10.8 Å². The number of H-pyrrole nitrogens is 1. The van der Waals surface area contributed by atoms with Crippen molar-refractivity contribution < 1.29 is 4.39 Å². The van der Waals surface area contributed by atoms with E-state index in [9.17, 15) is 10.1 Å². The number of benzene rings is 3. The van der Waals surface area contributed by atoms with Gasteiger partial charge in [0, 0.05) is 34.5 Å². The first-order valence-corrected chi connectivity index (χ1v) is 10.2. The number of nitriles is 1. The molecule has 1 N–H and O–H groups in total. The molecule has 0 unspecified atom stereocenters. The number of aryl methyl sites for hydroxylation is 2. The SMILES string of the molecule is CCc1n[nH]c(=O)c2ccc(-c3cnn(C)c3-c3ccc4ccccc4c3C#N)c(F)c12. The largest absolute Gasteiger partial charge is 0.272 e. The maximum absolute atomic E-state index is 15.8. The van der Waals surface area contributed by atoms with E-state index in [4.69, 9.17) is 0 Å². The van der Waals surface area contributed by atoms with E-state index in [1.165, 1.54) is 0 Å². The van der Waals surface area contributed by atoms with Crippen LogP contribution in [0.15, 0.2) is 59.5 Å². The maximum atomic E-state index is 15.8. The van der Waals surface area contributed by atoms with Gasteiger partial charge in [0.05, 0.1) is 28.5 Å². The molecule has 2 heterocycles. The molecule has 0 spiro atoms. The van der Waals surface area contributed by atoms with Crippen molar-refractivity contribution in [1.82, 2.24) is 20.0 Å². The summed E-state index contributed by atoms with van der Waals surface area (Å²) >= 11 is 0. The maximum Gasteiger partial charge on any atom is 0.272 e. The molecule has 7 heteroatoms. The molecule has 3 aromatic carbocycles. The molecule has 32 heavy (non-hydrogen) atoms. The van der Waals surface area contributed by atoms with Gasteiger partial charge in [0.2, 0.25) is 0 Å². The fourth-order valence-electron chi connectivity index (χ4n) is 4.29. The second-order valence-corrected chi connectivity index (χ2v) is 7.55. The second-order valence-electron chi connectivity index (χ2n) is 7.55. The Bertz CT molecular complexity index is 1620. The molecule has 0 amide bonds. The normalized spacial score (nSPS) is 11.2. The summed E-state index contributed by atoms with van der Waals surface area (Å²) in [6.07, 6.45) is 2.05. The van der Waals surface area contributed by atoms with Crippen molar-refractivity contribution in [3.63, 3.8) is 0 Å². The highest BCUT2D eigenvalue weighted by atomic mass is 19.1. The standard InChI is InChI=1S/C25H18FN5O/c1-3-21-22-18(25(32)30-29-21)11-10-16(23(22)26)20-13-28-31(2)24(20)17-9-8-14-6-4-5-7-15(14)19(17)12-27/h4-11,13H,3H2,1-2H3,(H,30,32). The van der Waals surface area contributed by atoms with Gasteiger partial charge in [-0.2, -0.15) is 15.5 Å². The van der Waals surface area contributed by atoms with Gasteiger partial charge in [0.25, 0.3) is 5.56 Å². The lowest BCUT2D eigenvalue weighted by atomic mass is 9.93. The van der Waals surface area contributed by atoms with Crippen molar-refractivity contribution >= 4 is 21.5 Å². The molecule has 0 radical (unpaired) electrons. The summed E-state index contributed by atoms with van der Waals surface area (Å²) < 4.78 is 17.5. The van der Waals surface area contributed by atoms with Crippen LogP contribution in [0.2, 0.25) is 0 Å². The molecule has 0 saturated heterocycles. The minimum absolute atomic E-state index is 0.211. The van der Waals surface area contributed by atoms with Gasteiger partial charge < -0.3 is 0 Å². The van der Waals surface area contributed by atoms with Gasteiger partial charge in [0.1, 0.15) is 11.9 Å². The van der Waals surface area contributed by atoms with Gasteiger partial charge in [-0.25, -0.2) is 9.49 Å². The first kappa shape index (κ1) is 19.6. The van der Waals surface area contributed by atoms with Crippen LogP contribution in [-0.4, -0.2) is 20.0 Å². The van der Waals surface area contributed by atoms with Crippen molar-refractivity contribution in [2.45, 2.75) is 13.3 Å². The zero-order valence-corrected chi connectivity index (χ0v) is 17.5. The molecular formula is C25H18FN5O. The fraction of sp³-hybridized carbons (Fsp3) is 0.120.